The second kappa shape index (κ2) is 4.63. The average Bonchev–Trinajstić information content (AvgIpc) is 2.18. The van der Waals surface area contributed by atoms with E-state index in [2.05, 4.69) is 0 Å². The molecule has 0 saturated carbocycles. The lowest BCUT2D eigenvalue weighted by atomic mass is 9.82. The van der Waals surface area contributed by atoms with Crippen molar-refractivity contribution in [1.29, 1.82) is 0 Å². The van der Waals surface area contributed by atoms with Gasteiger partial charge in [-0.05, 0) is 44.4 Å². The molecule has 0 amide bonds. The monoisotopic (exact) mass is 260 g/mol. The number of hydrogen-bond donors (Lipinski definition) is 1. The highest BCUT2D eigenvalue weighted by Crippen LogP contribution is 2.36. The molecule has 0 atom stereocenters. The van der Waals surface area contributed by atoms with Crippen LogP contribution in [0.4, 0.5) is 13.2 Å². The molecule has 0 saturated heterocycles. The van der Waals surface area contributed by atoms with Gasteiger partial charge in [-0.1, -0.05) is 12.1 Å². The van der Waals surface area contributed by atoms with Crippen LogP contribution in [0.3, 0.4) is 0 Å². The van der Waals surface area contributed by atoms with E-state index in [1.807, 2.05) is 0 Å². The highest BCUT2D eigenvalue weighted by molar-refractivity contribution is 5.74. The maximum absolute atomic E-state index is 12.9. The van der Waals surface area contributed by atoms with Crippen LogP contribution < -0.4 is 0 Å². The van der Waals surface area contributed by atoms with Gasteiger partial charge in [0.05, 0.1) is 11.0 Å². The van der Waals surface area contributed by atoms with Crippen LogP contribution in [0, 0.1) is 12.3 Å². The van der Waals surface area contributed by atoms with Crippen LogP contribution in [-0.4, -0.2) is 11.1 Å². The Kier molecular flexibility index (Phi) is 3.74. The first-order valence-corrected chi connectivity index (χ1v) is 5.45. The lowest BCUT2D eigenvalue weighted by Crippen LogP contribution is -2.28. The molecule has 0 radical (unpaired) electrons. The fourth-order valence-corrected chi connectivity index (χ4v) is 1.72. The van der Waals surface area contributed by atoms with E-state index in [1.165, 1.54) is 19.9 Å². The number of rotatable bonds is 3. The molecule has 5 heteroatoms. The van der Waals surface area contributed by atoms with E-state index in [9.17, 15) is 18.0 Å². The van der Waals surface area contributed by atoms with Crippen LogP contribution in [0.15, 0.2) is 18.2 Å². The van der Waals surface area contributed by atoms with Crippen LogP contribution in [0.2, 0.25) is 0 Å². The number of carbonyl (C=O) groups is 1. The molecule has 2 nitrogen and oxygen atoms in total. The summed E-state index contributed by atoms with van der Waals surface area (Å²) in [7, 11) is 0. The van der Waals surface area contributed by atoms with Crippen molar-refractivity contribution in [3.63, 3.8) is 0 Å². The van der Waals surface area contributed by atoms with E-state index >= 15 is 0 Å². The molecule has 1 aromatic rings. The summed E-state index contributed by atoms with van der Waals surface area (Å²) in [6.45, 7) is 4.40. The number of aryl methyl sites for hydroxylation is 1. The van der Waals surface area contributed by atoms with Crippen molar-refractivity contribution in [3.8, 4) is 0 Å². The molecule has 0 heterocycles. The maximum Gasteiger partial charge on any atom is 0.416 e. The summed E-state index contributed by atoms with van der Waals surface area (Å²) >= 11 is 0. The SMILES string of the molecule is Cc1cccc(C(F)(F)F)c1CC(C)(C)C(=O)O. The van der Waals surface area contributed by atoms with Crippen molar-refractivity contribution >= 4 is 5.97 Å². The topological polar surface area (TPSA) is 37.3 Å². The molecule has 18 heavy (non-hydrogen) atoms. The van der Waals surface area contributed by atoms with Crippen LogP contribution in [-0.2, 0) is 17.4 Å². The minimum absolute atomic E-state index is 0.0531. The Balaban J connectivity index is 3.28. The Bertz CT molecular complexity index is 462. The third-order valence-corrected chi connectivity index (χ3v) is 2.91. The molecular weight excluding hydrogens is 245 g/mol. The summed E-state index contributed by atoms with van der Waals surface area (Å²) in [5.41, 5.74) is -1.47. The molecule has 1 aromatic carbocycles. The summed E-state index contributed by atoms with van der Waals surface area (Å²) in [5, 5.41) is 9.01. The summed E-state index contributed by atoms with van der Waals surface area (Å²) in [4.78, 5) is 11.0. The first kappa shape index (κ1) is 14.5. The molecule has 0 bridgehead atoms. The first-order valence-electron chi connectivity index (χ1n) is 5.45. The molecule has 0 aromatic heterocycles. The van der Waals surface area contributed by atoms with Crippen LogP contribution >= 0.6 is 0 Å². The molecule has 0 fully saturated rings. The second-order valence-electron chi connectivity index (χ2n) is 4.96. The first-order chi connectivity index (χ1) is 8.05. The average molecular weight is 260 g/mol. The van der Waals surface area contributed by atoms with Crippen molar-refractivity contribution in [1.82, 2.24) is 0 Å². The Morgan fingerprint density at radius 1 is 1.28 bits per heavy atom. The number of carboxylic acid groups (broad SMARTS) is 1. The summed E-state index contributed by atoms with van der Waals surface area (Å²) < 4.78 is 38.6. The van der Waals surface area contributed by atoms with Gasteiger partial charge in [0, 0.05) is 0 Å². The number of benzene rings is 1. The molecule has 0 unspecified atom stereocenters. The molecular formula is C13H15F3O2. The number of hydrogen-bond acceptors (Lipinski definition) is 1. The normalized spacial score (nSPS) is 12.6. The molecule has 0 aliphatic carbocycles. The Morgan fingerprint density at radius 2 is 1.83 bits per heavy atom. The molecule has 0 aliphatic rings. The minimum Gasteiger partial charge on any atom is -0.481 e. The number of carboxylic acids is 1. The Hall–Kier alpha value is -1.52. The number of alkyl halides is 3. The van der Waals surface area contributed by atoms with Gasteiger partial charge in [0.1, 0.15) is 0 Å². The van der Waals surface area contributed by atoms with Crippen molar-refractivity contribution in [2.75, 3.05) is 0 Å². The quantitative estimate of drug-likeness (QED) is 0.900. The molecule has 0 aliphatic heterocycles. The Labute approximate surface area is 103 Å². The lowest BCUT2D eigenvalue weighted by molar-refractivity contribution is -0.148. The maximum atomic E-state index is 12.9. The number of aliphatic carboxylic acids is 1. The zero-order valence-electron chi connectivity index (χ0n) is 10.4. The highest BCUT2D eigenvalue weighted by Gasteiger charge is 2.37. The van der Waals surface area contributed by atoms with Gasteiger partial charge in [-0.3, -0.25) is 4.79 Å². The standard InChI is InChI=1S/C13H15F3O2/c1-8-5-4-6-10(13(14,15)16)9(8)7-12(2,3)11(17)18/h4-6H,7H2,1-3H3,(H,17,18). The van der Waals surface area contributed by atoms with Crippen molar-refractivity contribution in [2.24, 2.45) is 5.41 Å². The van der Waals surface area contributed by atoms with Crippen LogP contribution in [0.5, 0.6) is 0 Å². The zero-order valence-corrected chi connectivity index (χ0v) is 10.4. The molecule has 100 valence electrons. The van der Waals surface area contributed by atoms with Crippen molar-refractivity contribution < 1.29 is 23.1 Å². The van der Waals surface area contributed by atoms with E-state index in [4.69, 9.17) is 5.11 Å². The summed E-state index contributed by atoms with van der Waals surface area (Å²) in [6, 6.07) is 3.87. The second-order valence-corrected chi connectivity index (χ2v) is 4.96. The molecule has 1 N–H and O–H groups in total. The predicted octanol–water partition coefficient (Wildman–Crippen LogP) is 3.67. The predicted molar refractivity (Wildman–Crippen MR) is 61.3 cm³/mol. The zero-order chi connectivity index (χ0) is 14.1. The van der Waals surface area contributed by atoms with Crippen LogP contribution in [0.25, 0.3) is 0 Å². The van der Waals surface area contributed by atoms with Gasteiger partial charge in [0.2, 0.25) is 0 Å². The van der Waals surface area contributed by atoms with E-state index in [1.54, 1.807) is 13.0 Å². The van der Waals surface area contributed by atoms with Crippen LogP contribution in [0.1, 0.15) is 30.5 Å². The third kappa shape index (κ3) is 3.03. The Morgan fingerprint density at radius 3 is 2.28 bits per heavy atom. The number of halogens is 3. The minimum atomic E-state index is -4.46. The summed E-state index contributed by atoms with van der Waals surface area (Å²) in [5.74, 6) is -1.11. The molecule has 1 rings (SSSR count). The highest BCUT2D eigenvalue weighted by atomic mass is 19.4. The van der Waals surface area contributed by atoms with Gasteiger partial charge in [-0.15, -0.1) is 0 Å². The van der Waals surface area contributed by atoms with E-state index in [0.29, 0.717) is 5.56 Å². The largest absolute Gasteiger partial charge is 0.481 e. The van der Waals surface area contributed by atoms with Gasteiger partial charge in [0.15, 0.2) is 0 Å². The lowest BCUT2D eigenvalue weighted by Gasteiger charge is -2.23. The smallest absolute Gasteiger partial charge is 0.416 e. The van der Waals surface area contributed by atoms with E-state index in [0.717, 1.165) is 6.07 Å². The van der Waals surface area contributed by atoms with Gasteiger partial charge in [-0.25, -0.2) is 0 Å². The van der Waals surface area contributed by atoms with Crippen molar-refractivity contribution in [2.45, 2.75) is 33.4 Å². The fraction of sp³-hybridized carbons (Fsp3) is 0.462. The van der Waals surface area contributed by atoms with Gasteiger partial charge in [-0.2, -0.15) is 13.2 Å². The van der Waals surface area contributed by atoms with E-state index < -0.39 is 23.1 Å². The van der Waals surface area contributed by atoms with Crippen molar-refractivity contribution in [3.05, 3.63) is 34.9 Å². The van der Waals surface area contributed by atoms with Gasteiger partial charge < -0.3 is 5.11 Å². The van der Waals surface area contributed by atoms with Gasteiger partial charge >= 0.3 is 12.1 Å². The molecule has 0 spiro atoms. The third-order valence-electron chi connectivity index (χ3n) is 2.91. The summed E-state index contributed by atoms with van der Waals surface area (Å²) in [6.07, 6.45) is -4.61. The fourth-order valence-electron chi connectivity index (χ4n) is 1.72. The van der Waals surface area contributed by atoms with Gasteiger partial charge in [0.25, 0.3) is 0 Å². The van der Waals surface area contributed by atoms with E-state index in [-0.39, 0.29) is 12.0 Å².